The van der Waals surface area contributed by atoms with Gasteiger partial charge in [0.2, 0.25) is 5.88 Å². The molecule has 9 heteroatoms. The van der Waals surface area contributed by atoms with E-state index in [9.17, 15) is 18.4 Å². The lowest BCUT2D eigenvalue weighted by atomic mass is 10.2. The minimum atomic E-state index is -4.47. The van der Waals surface area contributed by atoms with Crippen LogP contribution < -0.4 is 4.74 Å². The van der Waals surface area contributed by atoms with Crippen LogP contribution in [-0.4, -0.2) is 58.0 Å². The van der Waals surface area contributed by atoms with Crippen molar-refractivity contribution in [3.05, 3.63) is 53.7 Å². The molecule has 0 bridgehead atoms. The van der Waals surface area contributed by atoms with Gasteiger partial charge < -0.3 is 14.8 Å². The smallest absolute Gasteiger partial charge is 0.416 e. The van der Waals surface area contributed by atoms with Crippen LogP contribution in [-0.2, 0) is 6.18 Å². The van der Waals surface area contributed by atoms with Crippen LogP contribution in [0.15, 0.2) is 47.8 Å². The predicted molar refractivity (Wildman–Crippen MR) is 102 cm³/mol. The van der Waals surface area contributed by atoms with Crippen LogP contribution in [0.25, 0.3) is 0 Å². The molecule has 1 fully saturated rings. The highest BCUT2D eigenvalue weighted by Gasteiger charge is 2.31. The number of hydrogen-bond acceptors (Lipinski definition) is 5. The van der Waals surface area contributed by atoms with E-state index >= 15 is 0 Å². The Morgan fingerprint density at radius 3 is 2.48 bits per heavy atom. The van der Waals surface area contributed by atoms with Gasteiger partial charge in [-0.05, 0) is 44.2 Å². The van der Waals surface area contributed by atoms with Crippen molar-refractivity contribution in [3.8, 4) is 11.6 Å². The molecule has 3 rings (SSSR count). The van der Waals surface area contributed by atoms with Gasteiger partial charge in [-0.1, -0.05) is 11.2 Å². The second-order valence-corrected chi connectivity index (χ2v) is 7.02. The lowest BCUT2D eigenvalue weighted by Crippen LogP contribution is -2.51. The Hall–Kier alpha value is -2.81. The molecular weight excluding hydrogens is 385 g/mol. The summed E-state index contributed by atoms with van der Waals surface area (Å²) < 4.78 is 44.5. The fourth-order valence-corrected chi connectivity index (χ4v) is 3.23. The molecule has 156 valence electrons. The van der Waals surface area contributed by atoms with Gasteiger partial charge in [0.1, 0.15) is 5.75 Å². The van der Waals surface area contributed by atoms with E-state index in [2.05, 4.69) is 28.9 Å². The van der Waals surface area contributed by atoms with E-state index in [4.69, 9.17) is 4.74 Å². The van der Waals surface area contributed by atoms with E-state index in [1.54, 1.807) is 12.1 Å². The third-order valence-electron chi connectivity index (χ3n) is 4.83. The van der Waals surface area contributed by atoms with Crippen molar-refractivity contribution in [2.45, 2.75) is 26.1 Å². The zero-order valence-corrected chi connectivity index (χ0v) is 16.2. The van der Waals surface area contributed by atoms with E-state index in [0.29, 0.717) is 24.7 Å². The summed E-state index contributed by atoms with van der Waals surface area (Å²) >= 11 is 0. The Labute approximate surface area is 167 Å². The predicted octanol–water partition coefficient (Wildman–Crippen LogP) is 4.05. The number of ether oxygens (including phenoxy) is 1. The Morgan fingerprint density at radius 2 is 1.86 bits per heavy atom. The molecule has 29 heavy (non-hydrogen) atoms. The van der Waals surface area contributed by atoms with Crippen LogP contribution in [0.1, 0.15) is 25.0 Å². The van der Waals surface area contributed by atoms with Crippen molar-refractivity contribution in [3.63, 3.8) is 0 Å². The van der Waals surface area contributed by atoms with Gasteiger partial charge in [0.05, 0.1) is 11.1 Å². The average Bonchev–Trinajstić information content (AvgIpc) is 2.70. The molecule has 0 saturated carbocycles. The molecule has 1 aliphatic rings. The highest BCUT2D eigenvalue weighted by molar-refractivity contribution is 6.00. The number of amidine groups is 1. The van der Waals surface area contributed by atoms with E-state index in [1.807, 2.05) is 4.90 Å². The monoisotopic (exact) mass is 408 g/mol. The number of aromatic nitrogens is 1. The number of oxime groups is 1. The van der Waals surface area contributed by atoms with Crippen molar-refractivity contribution in [2.75, 3.05) is 26.2 Å². The van der Waals surface area contributed by atoms with Gasteiger partial charge in [0.25, 0.3) is 0 Å². The van der Waals surface area contributed by atoms with Crippen LogP contribution in [0.5, 0.6) is 11.6 Å². The van der Waals surface area contributed by atoms with Gasteiger partial charge >= 0.3 is 6.18 Å². The van der Waals surface area contributed by atoms with Crippen molar-refractivity contribution in [1.82, 2.24) is 14.8 Å². The summed E-state index contributed by atoms with van der Waals surface area (Å²) in [5.41, 5.74) is -0.404. The summed E-state index contributed by atoms with van der Waals surface area (Å²) in [5.74, 6) is 0.357. The summed E-state index contributed by atoms with van der Waals surface area (Å²) in [6, 6.07) is 8.32. The molecule has 0 unspecified atom stereocenters. The fraction of sp³-hybridized carbons (Fsp3) is 0.400. The maximum Gasteiger partial charge on any atom is 0.416 e. The van der Waals surface area contributed by atoms with E-state index in [0.717, 1.165) is 25.2 Å². The number of nitrogens with zero attached hydrogens (tertiary/aromatic N) is 4. The maximum absolute atomic E-state index is 13.0. The third kappa shape index (κ3) is 4.97. The lowest BCUT2D eigenvalue weighted by Gasteiger charge is -2.38. The minimum absolute atomic E-state index is 0.00157. The van der Waals surface area contributed by atoms with Gasteiger partial charge in [-0.15, -0.1) is 0 Å². The Morgan fingerprint density at radius 1 is 1.14 bits per heavy atom. The summed E-state index contributed by atoms with van der Waals surface area (Å²) in [6.45, 7) is 7.16. The van der Waals surface area contributed by atoms with Crippen LogP contribution in [0.3, 0.4) is 0 Å². The van der Waals surface area contributed by atoms with Crippen molar-refractivity contribution >= 4 is 5.84 Å². The first kappa shape index (κ1) is 20.9. The zero-order chi connectivity index (χ0) is 21.0. The number of alkyl halides is 3. The van der Waals surface area contributed by atoms with Gasteiger partial charge in [0.15, 0.2) is 5.84 Å². The third-order valence-corrected chi connectivity index (χ3v) is 4.83. The van der Waals surface area contributed by atoms with E-state index in [1.165, 1.54) is 18.3 Å². The van der Waals surface area contributed by atoms with Crippen LogP contribution in [0.4, 0.5) is 13.2 Å². The zero-order valence-electron chi connectivity index (χ0n) is 16.2. The summed E-state index contributed by atoms with van der Waals surface area (Å²) in [6.07, 6.45) is -3.00. The molecule has 1 N–H and O–H groups in total. The summed E-state index contributed by atoms with van der Waals surface area (Å²) in [5, 5.41) is 13.1. The highest BCUT2D eigenvalue weighted by Crippen LogP contribution is 2.33. The van der Waals surface area contributed by atoms with Crippen molar-refractivity contribution < 1.29 is 23.1 Å². The van der Waals surface area contributed by atoms with Gasteiger partial charge in [-0.25, -0.2) is 4.98 Å². The largest absolute Gasteiger partial charge is 0.438 e. The first-order valence-electron chi connectivity index (χ1n) is 9.31. The first-order valence-corrected chi connectivity index (χ1v) is 9.31. The second kappa shape index (κ2) is 8.69. The molecule has 1 saturated heterocycles. The van der Waals surface area contributed by atoms with Gasteiger partial charge in [0, 0.05) is 38.4 Å². The molecule has 1 aromatic carbocycles. The Balaban J connectivity index is 1.83. The molecule has 0 aliphatic carbocycles. The van der Waals surface area contributed by atoms with Crippen LogP contribution in [0, 0.1) is 0 Å². The molecule has 0 spiro atoms. The SMILES string of the molecule is CC(C)N1CCN(/C(=N\O)c2cccnc2Oc2cccc(C(F)(F)F)c2)CC1. The first-order chi connectivity index (χ1) is 13.8. The molecule has 0 radical (unpaired) electrons. The van der Waals surface area contributed by atoms with Crippen LogP contribution >= 0.6 is 0 Å². The number of halogens is 3. The standard InChI is InChI=1S/C20H23F3N4O2/c1-14(2)26-9-11-27(12-10-26)18(25-28)17-7-4-8-24-19(17)29-16-6-3-5-15(13-16)20(21,22)23/h3-8,13-14,28H,9-12H2,1-2H3/b25-18-. The molecule has 1 aliphatic heterocycles. The molecule has 2 aromatic rings. The Bertz CT molecular complexity index is 863. The summed E-state index contributed by atoms with van der Waals surface area (Å²) in [4.78, 5) is 8.37. The lowest BCUT2D eigenvalue weighted by molar-refractivity contribution is -0.137. The normalized spacial score (nSPS) is 16.3. The molecular formula is C20H23F3N4O2. The quantitative estimate of drug-likeness (QED) is 0.358. The number of benzene rings is 1. The Kier molecular flexibility index (Phi) is 6.26. The van der Waals surface area contributed by atoms with Crippen LogP contribution in [0.2, 0.25) is 0 Å². The van der Waals surface area contributed by atoms with E-state index < -0.39 is 11.7 Å². The maximum atomic E-state index is 13.0. The molecule has 0 amide bonds. The summed E-state index contributed by atoms with van der Waals surface area (Å²) in [7, 11) is 0. The molecule has 6 nitrogen and oxygen atoms in total. The number of piperazine rings is 1. The fourth-order valence-electron chi connectivity index (χ4n) is 3.23. The van der Waals surface area contributed by atoms with Crippen molar-refractivity contribution in [2.24, 2.45) is 5.16 Å². The molecule has 2 heterocycles. The second-order valence-electron chi connectivity index (χ2n) is 7.02. The minimum Gasteiger partial charge on any atom is -0.438 e. The topological polar surface area (TPSA) is 61.2 Å². The van der Waals surface area contributed by atoms with E-state index in [-0.39, 0.29) is 17.5 Å². The molecule has 0 atom stereocenters. The van der Waals surface area contributed by atoms with Gasteiger partial charge in [-0.3, -0.25) is 4.90 Å². The number of pyridine rings is 1. The van der Waals surface area contributed by atoms with Gasteiger partial charge in [-0.2, -0.15) is 13.2 Å². The highest BCUT2D eigenvalue weighted by atomic mass is 19.4. The number of hydrogen-bond donors (Lipinski definition) is 1. The average molecular weight is 408 g/mol. The van der Waals surface area contributed by atoms with Crippen molar-refractivity contribution in [1.29, 1.82) is 0 Å². The molecule has 1 aromatic heterocycles. The number of rotatable bonds is 4.